The Labute approximate surface area is 473 Å². The number of nitrogens with two attached hydrogens (primary N) is 1. The molecule has 10 rings (SSSR count). The Kier molecular flexibility index (Phi) is 23.4. The molecule has 0 fully saturated rings. The lowest BCUT2D eigenvalue weighted by Crippen LogP contribution is -2.19. The Morgan fingerprint density at radius 2 is 0.911 bits per heavy atom. The van der Waals surface area contributed by atoms with Crippen LogP contribution < -0.4 is 16.0 Å². The highest BCUT2D eigenvalue weighted by Gasteiger charge is 2.39. The van der Waals surface area contributed by atoms with Crippen LogP contribution in [0, 0.1) is 41.5 Å². The number of aromatic nitrogens is 16. The third-order valence-corrected chi connectivity index (χ3v) is 12.4. The van der Waals surface area contributed by atoms with Crippen LogP contribution in [0.2, 0.25) is 6.82 Å². The van der Waals surface area contributed by atoms with Gasteiger partial charge in [0.15, 0.2) is 11.6 Å². The Morgan fingerprint density at radius 3 is 1.25 bits per heavy atom. The molecule has 0 amide bonds. The molecule has 0 spiro atoms. The van der Waals surface area contributed by atoms with E-state index in [1.54, 1.807) is 92.4 Å². The summed E-state index contributed by atoms with van der Waals surface area (Å²) in [6.45, 7) is 13.0. The first-order chi connectivity index (χ1) is 37.6. The van der Waals surface area contributed by atoms with Gasteiger partial charge in [0, 0.05) is 52.3 Å². The van der Waals surface area contributed by atoms with Crippen LogP contribution in [0.25, 0.3) is 21.4 Å². The zero-order valence-electron chi connectivity index (χ0n) is 42.6. The number of hydrogen-bond donors (Lipinski definition) is 2. The van der Waals surface area contributed by atoms with Gasteiger partial charge >= 0.3 is 24.1 Å². The van der Waals surface area contributed by atoms with Gasteiger partial charge in [-0.1, -0.05) is 33.1 Å². The molecule has 10 heterocycles. The Morgan fingerprint density at radius 1 is 0.519 bits per heavy atom. The molecule has 0 saturated carbocycles. The quantitative estimate of drug-likeness (QED) is 0.0772. The third-order valence-electron chi connectivity index (χ3n) is 8.85. The smallest absolute Gasteiger partial charge is 0.382 e. The lowest BCUT2D eigenvalue weighted by molar-refractivity contribution is -0.160. The van der Waals surface area contributed by atoms with Crippen molar-refractivity contribution in [1.82, 2.24) is 80.1 Å². The van der Waals surface area contributed by atoms with Crippen LogP contribution in [0.3, 0.4) is 0 Å². The maximum Gasteiger partial charge on any atom is 0.471 e. The van der Waals surface area contributed by atoms with E-state index in [9.17, 15) is 26.3 Å². The molecular formula is C47H44BBr2F6N19O2S2. The molecule has 79 heavy (non-hydrogen) atoms. The van der Waals surface area contributed by atoms with Crippen LogP contribution in [-0.4, -0.2) is 87.9 Å². The van der Waals surface area contributed by atoms with E-state index in [1.807, 2.05) is 46.4 Å². The minimum atomic E-state index is -4.68. The fraction of sp³-hybridized carbons (Fsp3) is 0.234. The molecule has 0 aliphatic rings. The summed E-state index contributed by atoms with van der Waals surface area (Å²) in [6.07, 6.45) is 10.5. The van der Waals surface area contributed by atoms with Gasteiger partial charge in [-0.3, -0.25) is 29.9 Å². The van der Waals surface area contributed by atoms with Crippen molar-refractivity contribution in [2.45, 2.75) is 72.6 Å². The van der Waals surface area contributed by atoms with Gasteiger partial charge < -0.3 is 25.0 Å². The van der Waals surface area contributed by atoms with E-state index in [0.29, 0.717) is 50.7 Å². The highest BCUT2D eigenvalue weighted by molar-refractivity contribution is 9.10. The summed E-state index contributed by atoms with van der Waals surface area (Å²) in [4.78, 5) is 60.9. The number of nitrogen functional groups attached to an aromatic ring is 1. The summed E-state index contributed by atoms with van der Waals surface area (Å²) in [5.74, 6) is 0.123. The molecule has 0 saturated heterocycles. The van der Waals surface area contributed by atoms with Crippen molar-refractivity contribution in [3.05, 3.63) is 159 Å². The van der Waals surface area contributed by atoms with E-state index in [1.165, 1.54) is 35.7 Å². The molecular weight excluding hydrogens is 1210 g/mol. The molecule has 0 aliphatic heterocycles. The minimum Gasteiger partial charge on any atom is -0.382 e. The van der Waals surface area contributed by atoms with E-state index in [-0.39, 0.29) is 11.6 Å². The average Bonchev–Trinajstić information content (AvgIpc) is 4.33. The largest absolute Gasteiger partial charge is 0.471 e. The fourth-order valence-corrected chi connectivity index (χ4v) is 8.35. The Bertz CT molecular complexity index is 3310. The average molecular weight is 1260 g/mol. The maximum absolute atomic E-state index is 12.7. The van der Waals surface area contributed by atoms with Gasteiger partial charge in [0.05, 0.1) is 95.5 Å². The number of alkyl halides is 7. The van der Waals surface area contributed by atoms with Crippen LogP contribution >= 0.6 is 54.5 Å². The SMILES string of the molecule is Cc1cncc(Br)n1.Cc1cncc(N(Cc2ccc(-c3noc(C(F)(F)F)n3)s2)c2cncc(C)n2)n1.Cc1cncc(N)n1.Cc1cncc(Nc2cncc(C)n2)n1.FC(F)(F)c1nc(-c2ccc(CBr)s2)no1.[B]C. The number of nitrogens with one attached hydrogen (secondary N) is 1. The number of nitrogens with zero attached hydrogens (tertiary/aromatic N) is 17. The van der Waals surface area contributed by atoms with Crippen LogP contribution in [0.15, 0.2) is 112 Å². The van der Waals surface area contributed by atoms with Gasteiger partial charge in [-0.25, -0.2) is 29.9 Å². The Hall–Kier alpha value is -7.84. The number of thiophene rings is 2. The summed E-state index contributed by atoms with van der Waals surface area (Å²) in [7, 11) is 4.50. The van der Waals surface area contributed by atoms with E-state index in [4.69, 9.17) is 5.73 Å². The van der Waals surface area contributed by atoms with Gasteiger partial charge in [0.1, 0.15) is 22.1 Å². The number of aryl methyl sites for hydroxylation is 6. The van der Waals surface area contributed by atoms with Crippen molar-refractivity contribution in [3.8, 4) is 21.4 Å². The summed E-state index contributed by atoms with van der Waals surface area (Å²) in [6, 6.07) is 6.88. The molecule has 2 radical (unpaired) electrons. The predicted molar refractivity (Wildman–Crippen MR) is 291 cm³/mol. The molecule has 0 atom stereocenters. The standard InChI is InChI=1S/C18H14F3N7OS.C10H11N5.C8H4BrF3N2OS.C5H5BrN2.C5H7N3.CH3B/c1-10-5-22-7-14(24-10)28(15-8-23-6-11(2)25-15)9-12-3-4-13(30-12)16-26-17(29-27-16)18(19,20)21;1-7-3-11-5-9(13-7)15-10-6-12-4-8(2)14-10;9-3-4-1-2-5(16-4)6-13-7(15-14-6)8(10,11)12;2*1-4-2-7-3-5(6)8-4;1-2/h3-8H,9H2,1-2H3;3-6H,1-2H3,(H,13,14,15);1-2H,3H2;2-3H,1H3;2-3H,1H3,(H2,6,8);1H3. The maximum atomic E-state index is 12.7. The van der Waals surface area contributed by atoms with Gasteiger partial charge in [-0.2, -0.15) is 36.3 Å². The molecule has 3 N–H and O–H groups in total. The number of anilines is 5. The first-order valence-corrected chi connectivity index (χ1v) is 26.0. The van der Waals surface area contributed by atoms with E-state index in [2.05, 4.69) is 134 Å². The molecule has 32 heteroatoms. The molecule has 410 valence electrons. The zero-order valence-corrected chi connectivity index (χ0v) is 47.4. The minimum absolute atomic E-state index is 0.0375. The fourth-order valence-electron chi connectivity index (χ4n) is 5.72. The second kappa shape index (κ2) is 29.8. The van der Waals surface area contributed by atoms with Gasteiger partial charge in [0.25, 0.3) is 0 Å². The number of halogens is 8. The second-order valence-electron chi connectivity index (χ2n) is 15.4. The van der Waals surface area contributed by atoms with Gasteiger partial charge in [0.2, 0.25) is 11.6 Å². The first-order valence-electron chi connectivity index (χ1n) is 22.4. The van der Waals surface area contributed by atoms with Crippen molar-refractivity contribution in [1.29, 1.82) is 0 Å². The van der Waals surface area contributed by atoms with Gasteiger partial charge in [-0.05, 0) is 81.7 Å². The summed E-state index contributed by atoms with van der Waals surface area (Å²) >= 11 is 8.99. The highest BCUT2D eigenvalue weighted by Crippen LogP contribution is 2.34. The molecule has 0 aliphatic carbocycles. The second-order valence-corrected chi connectivity index (χ2v) is 19.1. The number of rotatable bonds is 9. The van der Waals surface area contributed by atoms with Crippen LogP contribution in [0.1, 0.15) is 55.7 Å². The molecule has 10 aromatic heterocycles. The Balaban J connectivity index is 0.000000198. The van der Waals surface area contributed by atoms with Crippen molar-refractivity contribution in [3.63, 3.8) is 0 Å². The van der Waals surface area contributed by atoms with Crippen molar-refractivity contribution in [2.75, 3.05) is 16.0 Å². The van der Waals surface area contributed by atoms with Gasteiger partial charge in [-0.15, -0.1) is 22.7 Å². The van der Waals surface area contributed by atoms with Crippen LogP contribution in [0.5, 0.6) is 0 Å². The summed E-state index contributed by atoms with van der Waals surface area (Å²) in [5.41, 5.74) is 10.3. The lowest BCUT2D eigenvalue weighted by atomic mass is 10.2. The molecule has 21 nitrogen and oxygen atoms in total. The van der Waals surface area contributed by atoms with Crippen molar-refractivity contribution >= 4 is 91.5 Å². The van der Waals surface area contributed by atoms with Crippen LogP contribution in [-0.2, 0) is 24.2 Å². The van der Waals surface area contributed by atoms with E-state index >= 15 is 0 Å². The van der Waals surface area contributed by atoms with E-state index in [0.717, 1.165) is 48.5 Å². The molecule has 10 aromatic rings. The zero-order chi connectivity index (χ0) is 57.7. The normalized spacial score (nSPS) is 10.7. The lowest BCUT2D eigenvalue weighted by Gasteiger charge is -2.22. The number of hydrogen-bond acceptors (Lipinski definition) is 23. The van der Waals surface area contributed by atoms with E-state index < -0.39 is 24.1 Å². The third kappa shape index (κ3) is 20.5. The molecule has 0 unspecified atom stereocenters. The molecule has 0 aromatic carbocycles. The summed E-state index contributed by atoms with van der Waals surface area (Å²) < 4.78 is 83.9. The highest BCUT2D eigenvalue weighted by atomic mass is 79.9. The summed E-state index contributed by atoms with van der Waals surface area (Å²) in [5, 5.41) is 10.4. The first kappa shape index (κ1) is 62.0. The topological polar surface area (TPSA) is 274 Å². The van der Waals surface area contributed by atoms with Crippen LogP contribution in [0.4, 0.5) is 55.4 Å². The predicted octanol–water partition coefficient (Wildman–Crippen LogP) is 11.8. The monoisotopic (exact) mass is 1250 g/mol. The van der Waals surface area contributed by atoms with Crippen molar-refractivity contribution < 1.29 is 35.4 Å². The van der Waals surface area contributed by atoms with Crippen molar-refractivity contribution in [2.24, 2.45) is 0 Å². The molecule has 0 bridgehead atoms.